The Hall–Kier alpha value is -0.820. The van der Waals surface area contributed by atoms with Crippen LogP contribution in [0.4, 0.5) is 0 Å². The number of benzene rings is 1. The third-order valence-electron chi connectivity index (χ3n) is 4.82. The Labute approximate surface area is 125 Å². The van der Waals surface area contributed by atoms with E-state index < -0.39 is 0 Å². The zero-order valence-electron chi connectivity index (χ0n) is 13.7. The molecule has 1 N–H and O–H groups in total. The van der Waals surface area contributed by atoms with Crippen molar-refractivity contribution in [2.75, 3.05) is 6.54 Å². The monoisotopic (exact) mass is 273 g/mol. The second-order valence-corrected chi connectivity index (χ2v) is 6.97. The molecule has 1 aromatic rings. The number of hydrogen-bond acceptors (Lipinski definition) is 1. The third-order valence-corrected chi connectivity index (χ3v) is 4.82. The van der Waals surface area contributed by atoms with E-state index in [0.717, 1.165) is 24.3 Å². The van der Waals surface area contributed by atoms with E-state index in [1.807, 2.05) is 0 Å². The molecule has 1 fully saturated rings. The molecule has 1 aliphatic carbocycles. The van der Waals surface area contributed by atoms with Crippen LogP contribution in [-0.4, -0.2) is 6.54 Å². The SMILES string of the molecule is CCCNC(c1ccccc1C)C1CC(C)CC(C)C1. The topological polar surface area (TPSA) is 12.0 Å². The highest BCUT2D eigenvalue weighted by atomic mass is 14.9. The Kier molecular flexibility index (Phi) is 5.65. The minimum absolute atomic E-state index is 0.543. The first-order valence-corrected chi connectivity index (χ1v) is 8.40. The molecule has 0 saturated heterocycles. The molecule has 1 saturated carbocycles. The van der Waals surface area contributed by atoms with Crippen molar-refractivity contribution in [1.82, 2.24) is 5.32 Å². The molecule has 3 unspecified atom stereocenters. The second kappa shape index (κ2) is 7.26. The highest BCUT2D eigenvalue weighted by Gasteiger charge is 2.31. The van der Waals surface area contributed by atoms with Gasteiger partial charge in [0, 0.05) is 6.04 Å². The molecular weight excluding hydrogens is 242 g/mol. The fraction of sp³-hybridized carbons (Fsp3) is 0.684. The minimum atomic E-state index is 0.543. The first kappa shape index (κ1) is 15.6. The molecule has 1 nitrogen and oxygen atoms in total. The quantitative estimate of drug-likeness (QED) is 0.786. The summed E-state index contributed by atoms with van der Waals surface area (Å²) in [4.78, 5) is 0. The van der Waals surface area contributed by atoms with Crippen LogP contribution in [-0.2, 0) is 0 Å². The zero-order chi connectivity index (χ0) is 14.5. The predicted molar refractivity (Wildman–Crippen MR) is 87.9 cm³/mol. The van der Waals surface area contributed by atoms with Gasteiger partial charge in [-0.15, -0.1) is 0 Å². The molecule has 0 radical (unpaired) electrons. The summed E-state index contributed by atoms with van der Waals surface area (Å²) >= 11 is 0. The lowest BCUT2D eigenvalue weighted by molar-refractivity contribution is 0.176. The van der Waals surface area contributed by atoms with Crippen molar-refractivity contribution >= 4 is 0 Å². The van der Waals surface area contributed by atoms with Crippen molar-refractivity contribution in [3.8, 4) is 0 Å². The molecule has 1 aromatic carbocycles. The van der Waals surface area contributed by atoms with E-state index in [1.54, 1.807) is 0 Å². The van der Waals surface area contributed by atoms with Gasteiger partial charge in [0.15, 0.2) is 0 Å². The molecule has 0 aromatic heterocycles. The van der Waals surface area contributed by atoms with E-state index in [-0.39, 0.29) is 0 Å². The Morgan fingerprint density at radius 2 is 1.75 bits per heavy atom. The molecule has 1 aliphatic rings. The highest BCUT2D eigenvalue weighted by molar-refractivity contribution is 5.29. The van der Waals surface area contributed by atoms with Gasteiger partial charge in [-0.3, -0.25) is 0 Å². The number of nitrogens with one attached hydrogen (secondary N) is 1. The highest BCUT2D eigenvalue weighted by Crippen LogP contribution is 2.40. The molecule has 0 heterocycles. The van der Waals surface area contributed by atoms with E-state index in [1.165, 1.54) is 36.8 Å². The van der Waals surface area contributed by atoms with Crippen LogP contribution in [0.2, 0.25) is 0 Å². The van der Waals surface area contributed by atoms with Crippen LogP contribution in [0.15, 0.2) is 24.3 Å². The van der Waals surface area contributed by atoms with Crippen LogP contribution in [0.1, 0.15) is 63.6 Å². The third kappa shape index (κ3) is 3.85. The first-order valence-electron chi connectivity index (χ1n) is 8.40. The first-order chi connectivity index (χ1) is 9.61. The van der Waals surface area contributed by atoms with E-state index in [9.17, 15) is 0 Å². The average molecular weight is 273 g/mol. The molecule has 1 heteroatoms. The van der Waals surface area contributed by atoms with Crippen LogP contribution in [0, 0.1) is 24.7 Å². The lowest BCUT2D eigenvalue weighted by Crippen LogP contribution is -2.34. The summed E-state index contributed by atoms with van der Waals surface area (Å²) in [7, 11) is 0. The van der Waals surface area contributed by atoms with Crippen molar-refractivity contribution in [2.24, 2.45) is 17.8 Å². The van der Waals surface area contributed by atoms with Crippen molar-refractivity contribution in [3.05, 3.63) is 35.4 Å². The van der Waals surface area contributed by atoms with E-state index >= 15 is 0 Å². The van der Waals surface area contributed by atoms with Crippen molar-refractivity contribution in [2.45, 2.75) is 59.4 Å². The smallest absolute Gasteiger partial charge is 0.0351 e. The van der Waals surface area contributed by atoms with Gasteiger partial charge in [-0.25, -0.2) is 0 Å². The summed E-state index contributed by atoms with van der Waals surface area (Å²) in [5.41, 5.74) is 2.96. The number of hydrogen-bond donors (Lipinski definition) is 1. The van der Waals surface area contributed by atoms with Gasteiger partial charge in [0.2, 0.25) is 0 Å². The molecule has 3 atom stereocenters. The lowest BCUT2D eigenvalue weighted by Gasteiger charge is -2.37. The summed E-state index contributed by atoms with van der Waals surface area (Å²) in [5.74, 6) is 2.54. The normalized spacial score (nSPS) is 28.3. The summed E-state index contributed by atoms with van der Waals surface area (Å²) < 4.78 is 0. The van der Waals surface area contributed by atoms with Crippen LogP contribution in [0.3, 0.4) is 0 Å². The van der Waals surface area contributed by atoms with Gasteiger partial charge in [-0.05, 0) is 68.0 Å². The zero-order valence-corrected chi connectivity index (χ0v) is 13.7. The molecule has 20 heavy (non-hydrogen) atoms. The minimum Gasteiger partial charge on any atom is -0.310 e. The standard InChI is InChI=1S/C19H31N/c1-5-10-20-19(18-9-7-6-8-16(18)4)17-12-14(2)11-15(3)13-17/h6-9,14-15,17,19-20H,5,10-13H2,1-4H3. The Morgan fingerprint density at radius 1 is 1.10 bits per heavy atom. The average Bonchev–Trinajstić information content (AvgIpc) is 2.40. The van der Waals surface area contributed by atoms with Crippen molar-refractivity contribution in [3.63, 3.8) is 0 Å². The Bertz CT molecular complexity index is 402. The van der Waals surface area contributed by atoms with E-state index in [2.05, 4.69) is 57.3 Å². The largest absolute Gasteiger partial charge is 0.310 e. The van der Waals surface area contributed by atoms with Gasteiger partial charge < -0.3 is 5.32 Å². The lowest BCUT2D eigenvalue weighted by atomic mass is 9.72. The summed E-state index contributed by atoms with van der Waals surface area (Å²) in [6.07, 6.45) is 5.37. The van der Waals surface area contributed by atoms with Crippen LogP contribution in [0.25, 0.3) is 0 Å². The fourth-order valence-electron chi connectivity index (χ4n) is 4.05. The van der Waals surface area contributed by atoms with Gasteiger partial charge in [-0.2, -0.15) is 0 Å². The molecule has 0 amide bonds. The molecular formula is C19H31N. The Morgan fingerprint density at radius 3 is 2.35 bits per heavy atom. The maximum Gasteiger partial charge on any atom is 0.0351 e. The van der Waals surface area contributed by atoms with E-state index in [4.69, 9.17) is 0 Å². The van der Waals surface area contributed by atoms with Crippen molar-refractivity contribution in [1.29, 1.82) is 0 Å². The molecule has 0 bridgehead atoms. The summed E-state index contributed by atoms with van der Waals surface area (Å²) in [5, 5.41) is 3.84. The van der Waals surface area contributed by atoms with Gasteiger partial charge >= 0.3 is 0 Å². The number of aryl methyl sites for hydroxylation is 1. The van der Waals surface area contributed by atoms with Crippen LogP contribution < -0.4 is 5.32 Å². The fourth-order valence-corrected chi connectivity index (χ4v) is 4.05. The van der Waals surface area contributed by atoms with Gasteiger partial charge in [0.05, 0.1) is 0 Å². The summed E-state index contributed by atoms with van der Waals surface area (Å²) in [6, 6.07) is 9.47. The van der Waals surface area contributed by atoms with E-state index in [0.29, 0.717) is 6.04 Å². The maximum atomic E-state index is 3.84. The second-order valence-electron chi connectivity index (χ2n) is 6.97. The van der Waals surface area contributed by atoms with Crippen LogP contribution >= 0.6 is 0 Å². The van der Waals surface area contributed by atoms with Gasteiger partial charge in [0.1, 0.15) is 0 Å². The molecule has 0 spiro atoms. The van der Waals surface area contributed by atoms with Crippen molar-refractivity contribution < 1.29 is 0 Å². The number of rotatable bonds is 5. The molecule has 0 aliphatic heterocycles. The molecule has 112 valence electrons. The van der Waals surface area contributed by atoms with Crippen LogP contribution in [0.5, 0.6) is 0 Å². The Balaban J connectivity index is 2.20. The van der Waals surface area contributed by atoms with Gasteiger partial charge in [0.25, 0.3) is 0 Å². The maximum absolute atomic E-state index is 3.84. The predicted octanol–water partition coefficient (Wildman–Crippen LogP) is 5.11. The molecule has 2 rings (SSSR count). The summed E-state index contributed by atoms with van der Waals surface area (Å²) in [6.45, 7) is 10.5. The van der Waals surface area contributed by atoms with Gasteiger partial charge in [-0.1, -0.05) is 45.0 Å².